The second kappa shape index (κ2) is 8.57. The first-order valence-corrected chi connectivity index (χ1v) is 11.9. The summed E-state index contributed by atoms with van der Waals surface area (Å²) in [4.78, 5) is 6.86. The molecule has 3 aliphatic heterocycles. The van der Waals surface area contributed by atoms with Crippen molar-refractivity contribution in [1.82, 2.24) is 4.90 Å². The molecule has 0 unspecified atom stereocenters. The summed E-state index contributed by atoms with van der Waals surface area (Å²) >= 11 is 2.04. The highest BCUT2D eigenvalue weighted by molar-refractivity contribution is 7.99. The summed E-state index contributed by atoms with van der Waals surface area (Å²) in [7, 11) is 0. The number of rotatable bonds is 5. The molecule has 0 bridgehead atoms. The van der Waals surface area contributed by atoms with Gasteiger partial charge in [0.2, 0.25) is 0 Å². The molecule has 0 radical (unpaired) electrons. The molecule has 2 aromatic rings. The van der Waals surface area contributed by atoms with E-state index in [1.54, 1.807) is 23.4 Å². The molecule has 2 atom stereocenters. The normalized spacial score (nSPS) is 23.8. The highest BCUT2D eigenvalue weighted by Gasteiger charge is 2.41. The average Bonchev–Trinajstić information content (AvgIpc) is 2.90. The molecule has 1 saturated heterocycles. The lowest BCUT2D eigenvalue weighted by Crippen LogP contribution is -2.35. The van der Waals surface area contributed by atoms with Gasteiger partial charge in [-0.3, -0.25) is 0 Å². The minimum absolute atomic E-state index is 0.218. The van der Waals surface area contributed by atoms with E-state index in [9.17, 15) is 4.39 Å². The van der Waals surface area contributed by atoms with Crippen LogP contribution in [-0.4, -0.2) is 49.5 Å². The number of anilines is 1. The molecule has 0 aliphatic carbocycles. The number of benzene rings is 2. The van der Waals surface area contributed by atoms with Gasteiger partial charge in [-0.05, 0) is 73.9 Å². The maximum absolute atomic E-state index is 13.0. The average molecular weight is 413 g/mol. The zero-order valence-corrected chi connectivity index (χ0v) is 17.7. The Morgan fingerprint density at radius 2 is 1.90 bits per heavy atom. The first kappa shape index (κ1) is 19.3. The molecule has 0 aromatic heterocycles. The first-order chi connectivity index (χ1) is 14.3. The standard InChI is InChI=1S/C24H29FN2OS/c25-18-6-8-19(9-7-18)28-16-2-12-26-14-10-20-21-4-1-5-23-24(21)27(13-3-17-29-23)22(20)11-15-26/h1,4-9,20,22H,2-3,10-17H2/t20-,22-/m0/s1. The summed E-state index contributed by atoms with van der Waals surface area (Å²) in [5.74, 6) is 2.46. The fraction of sp³-hybridized carbons (Fsp3) is 0.500. The molecule has 29 heavy (non-hydrogen) atoms. The number of likely N-dealkylation sites (tertiary alicyclic amines) is 1. The van der Waals surface area contributed by atoms with E-state index in [-0.39, 0.29) is 5.82 Å². The Bertz CT molecular complexity index is 843. The van der Waals surface area contributed by atoms with Gasteiger partial charge in [-0.15, -0.1) is 11.8 Å². The van der Waals surface area contributed by atoms with Crippen molar-refractivity contribution in [1.29, 1.82) is 0 Å². The predicted octanol–water partition coefficient (Wildman–Crippen LogP) is 5.16. The third-order valence-electron chi connectivity index (χ3n) is 6.58. The summed E-state index contributed by atoms with van der Waals surface area (Å²) in [5.41, 5.74) is 3.16. The molecule has 3 aliphatic rings. The Hall–Kier alpha value is -1.72. The van der Waals surface area contributed by atoms with Gasteiger partial charge in [-0.1, -0.05) is 12.1 Å². The van der Waals surface area contributed by atoms with Gasteiger partial charge in [0, 0.05) is 36.5 Å². The van der Waals surface area contributed by atoms with E-state index in [2.05, 4.69) is 28.0 Å². The third kappa shape index (κ3) is 3.99. The van der Waals surface area contributed by atoms with Crippen molar-refractivity contribution >= 4 is 17.4 Å². The van der Waals surface area contributed by atoms with Gasteiger partial charge in [-0.2, -0.15) is 0 Å². The van der Waals surface area contributed by atoms with Gasteiger partial charge in [0.05, 0.1) is 12.3 Å². The van der Waals surface area contributed by atoms with Crippen molar-refractivity contribution in [2.75, 3.05) is 43.4 Å². The van der Waals surface area contributed by atoms with Gasteiger partial charge < -0.3 is 14.5 Å². The Balaban J connectivity index is 1.18. The Kier molecular flexibility index (Phi) is 5.69. The number of hydrogen-bond acceptors (Lipinski definition) is 4. The molecule has 2 aromatic carbocycles. The van der Waals surface area contributed by atoms with Crippen LogP contribution in [-0.2, 0) is 0 Å². The Morgan fingerprint density at radius 3 is 2.79 bits per heavy atom. The van der Waals surface area contributed by atoms with Crippen LogP contribution in [0.15, 0.2) is 47.4 Å². The van der Waals surface area contributed by atoms with Crippen molar-refractivity contribution in [3.05, 3.63) is 53.8 Å². The number of thioether (sulfide) groups is 1. The maximum atomic E-state index is 13.0. The largest absolute Gasteiger partial charge is 0.494 e. The molecule has 0 N–H and O–H groups in total. The maximum Gasteiger partial charge on any atom is 0.123 e. The molecule has 5 rings (SSSR count). The molecule has 1 fully saturated rings. The second-order valence-electron chi connectivity index (χ2n) is 8.34. The zero-order chi connectivity index (χ0) is 19.6. The van der Waals surface area contributed by atoms with Crippen LogP contribution in [0.3, 0.4) is 0 Å². The van der Waals surface area contributed by atoms with E-state index < -0.39 is 0 Å². The van der Waals surface area contributed by atoms with Gasteiger partial charge in [0.1, 0.15) is 11.6 Å². The number of hydrogen-bond donors (Lipinski definition) is 0. The van der Waals surface area contributed by atoms with E-state index in [0.717, 1.165) is 18.7 Å². The van der Waals surface area contributed by atoms with Crippen LogP contribution in [0, 0.1) is 5.82 Å². The molecular formula is C24H29FN2OS. The van der Waals surface area contributed by atoms with Crippen molar-refractivity contribution < 1.29 is 9.13 Å². The van der Waals surface area contributed by atoms with Gasteiger partial charge in [-0.25, -0.2) is 4.39 Å². The van der Waals surface area contributed by atoms with E-state index in [0.29, 0.717) is 18.6 Å². The summed E-state index contributed by atoms with van der Waals surface area (Å²) in [6.07, 6.45) is 4.80. The van der Waals surface area contributed by atoms with Crippen LogP contribution >= 0.6 is 11.8 Å². The molecule has 3 heterocycles. The Labute approximate surface area is 177 Å². The van der Waals surface area contributed by atoms with Crippen LogP contribution in [0.25, 0.3) is 0 Å². The lowest BCUT2D eigenvalue weighted by atomic mass is 9.91. The quantitative estimate of drug-likeness (QED) is 0.630. The molecule has 154 valence electrons. The monoisotopic (exact) mass is 412 g/mol. The van der Waals surface area contributed by atoms with E-state index in [4.69, 9.17) is 4.74 Å². The molecule has 5 heteroatoms. The highest BCUT2D eigenvalue weighted by Crippen LogP contribution is 2.50. The van der Waals surface area contributed by atoms with Crippen LogP contribution in [0.1, 0.15) is 37.2 Å². The van der Waals surface area contributed by atoms with Crippen molar-refractivity contribution in [3.63, 3.8) is 0 Å². The summed E-state index contributed by atoms with van der Waals surface area (Å²) in [6, 6.07) is 13.9. The number of ether oxygens (including phenoxy) is 1. The molecule has 0 amide bonds. The number of fused-ring (bicyclic) bond motifs is 3. The topological polar surface area (TPSA) is 15.7 Å². The van der Waals surface area contributed by atoms with Crippen molar-refractivity contribution in [2.24, 2.45) is 0 Å². The Morgan fingerprint density at radius 1 is 1.03 bits per heavy atom. The lowest BCUT2D eigenvalue weighted by molar-refractivity contribution is 0.238. The minimum atomic E-state index is -0.218. The second-order valence-corrected chi connectivity index (χ2v) is 9.47. The summed E-state index contributed by atoms with van der Waals surface area (Å²) in [6.45, 7) is 5.31. The highest BCUT2D eigenvalue weighted by atomic mass is 32.2. The van der Waals surface area contributed by atoms with Crippen molar-refractivity contribution in [3.8, 4) is 5.75 Å². The van der Waals surface area contributed by atoms with Crippen LogP contribution in [0.5, 0.6) is 5.75 Å². The number of para-hydroxylation sites is 1. The SMILES string of the molecule is Fc1ccc(OCCCN2CC[C@H]3c4cccc5c4N(CCCS5)[C@H]3CC2)cc1. The number of nitrogens with zero attached hydrogens (tertiary/aromatic N) is 2. The van der Waals surface area contributed by atoms with E-state index in [1.807, 2.05) is 11.8 Å². The van der Waals surface area contributed by atoms with E-state index >= 15 is 0 Å². The molecule has 3 nitrogen and oxygen atoms in total. The van der Waals surface area contributed by atoms with Crippen LogP contribution in [0.2, 0.25) is 0 Å². The van der Waals surface area contributed by atoms with E-state index in [1.165, 1.54) is 61.7 Å². The van der Waals surface area contributed by atoms with Gasteiger partial charge in [0.15, 0.2) is 0 Å². The van der Waals surface area contributed by atoms with Gasteiger partial charge >= 0.3 is 0 Å². The van der Waals surface area contributed by atoms with Gasteiger partial charge in [0.25, 0.3) is 0 Å². The molecular weight excluding hydrogens is 383 g/mol. The van der Waals surface area contributed by atoms with Crippen LogP contribution < -0.4 is 9.64 Å². The van der Waals surface area contributed by atoms with Crippen LogP contribution in [0.4, 0.5) is 10.1 Å². The number of halogens is 1. The zero-order valence-electron chi connectivity index (χ0n) is 16.9. The molecule has 0 saturated carbocycles. The lowest BCUT2D eigenvalue weighted by Gasteiger charge is -2.29. The minimum Gasteiger partial charge on any atom is -0.494 e. The fourth-order valence-electron chi connectivity index (χ4n) is 5.23. The third-order valence-corrected chi connectivity index (χ3v) is 7.71. The molecule has 0 spiro atoms. The smallest absolute Gasteiger partial charge is 0.123 e. The fourth-order valence-corrected chi connectivity index (χ4v) is 6.27. The summed E-state index contributed by atoms with van der Waals surface area (Å²) in [5, 5.41) is 0. The first-order valence-electron chi connectivity index (χ1n) is 10.9. The predicted molar refractivity (Wildman–Crippen MR) is 118 cm³/mol. The van der Waals surface area contributed by atoms with Crippen molar-refractivity contribution in [2.45, 2.75) is 42.5 Å². The summed E-state index contributed by atoms with van der Waals surface area (Å²) < 4.78 is 18.8.